The lowest BCUT2D eigenvalue weighted by Crippen LogP contribution is -2.56. The van der Waals surface area contributed by atoms with E-state index in [1.807, 2.05) is 13.8 Å². The van der Waals surface area contributed by atoms with Crippen LogP contribution in [0.3, 0.4) is 0 Å². The van der Waals surface area contributed by atoms with Crippen molar-refractivity contribution in [3.05, 3.63) is 34.6 Å². The van der Waals surface area contributed by atoms with Gasteiger partial charge in [-0.2, -0.15) is 0 Å². The molecule has 4 heteroatoms. The molecule has 0 amide bonds. The van der Waals surface area contributed by atoms with E-state index in [-0.39, 0.29) is 18.2 Å². The van der Waals surface area contributed by atoms with Crippen molar-refractivity contribution in [3.63, 3.8) is 0 Å². The van der Waals surface area contributed by atoms with Crippen LogP contribution in [0.25, 0.3) is 0 Å². The molecule has 0 spiro atoms. The van der Waals surface area contributed by atoms with Crippen LogP contribution in [0.1, 0.15) is 45.1 Å². The van der Waals surface area contributed by atoms with E-state index in [9.17, 15) is 9.50 Å². The van der Waals surface area contributed by atoms with Crippen LogP contribution in [-0.4, -0.2) is 16.2 Å². The van der Waals surface area contributed by atoms with Gasteiger partial charge in [0.05, 0.1) is 5.60 Å². The summed E-state index contributed by atoms with van der Waals surface area (Å²) in [6, 6.07) is 4.63. The Balaban J connectivity index is 2.33. The molecule has 1 fully saturated rings. The largest absolute Gasteiger partial charge is 0.389 e. The van der Waals surface area contributed by atoms with Gasteiger partial charge in [0.2, 0.25) is 0 Å². The van der Waals surface area contributed by atoms with Crippen LogP contribution in [0.15, 0.2) is 18.2 Å². The molecule has 20 heavy (non-hydrogen) atoms. The molecule has 2 nitrogen and oxygen atoms in total. The Bertz CT molecular complexity index is 466. The van der Waals surface area contributed by atoms with Crippen LogP contribution in [0.5, 0.6) is 0 Å². The van der Waals surface area contributed by atoms with Gasteiger partial charge in [0.25, 0.3) is 0 Å². The van der Waals surface area contributed by atoms with Gasteiger partial charge in [0.1, 0.15) is 5.82 Å². The number of halogens is 2. The molecular weight excluding hydrogens is 277 g/mol. The highest BCUT2D eigenvalue weighted by atomic mass is 35.5. The van der Waals surface area contributed by atoms with Gasteiger partial charge < -0.3 is 10.8 Å². The lowest BCUT2D eigenvalue weighted by Gasteiger charge is -2.47. The molecule has 0 aromatic heterocycles. The van der Waals surface area contributed by atoms with Crippen LogP contribution in [0.4, 0.5) is 4.39 Å². The second kappa shape index (κ2) is 5.63. The minimum atomic E-state index is -0.984. The van der Waals surface area contributed by atoms with Crippen molar-refractivity contribution in [2.45, 2.75) is 57.1 Å². The van der Waals surface area contributed by atoms with Gasteiger partial charge in [-0.25, -0.2) is 4.39 Å². The highest BCUT2D eigenvalue weighted by Gasteiger charge is 2.45. The van der Waals surface area contributed by atoms with Crippen molar-refractivity contribution >= 4 is 11.6 Å². The minimum absolute atomic E-state index is 0.0561. The van der Waals surface area contributed by atoms with Crippen molar-refractivity contribution in [2.24, 2.45) is 11.7 Å². The summed E-state index contributed by atoms with van der Waals surface area (Å²) in [7, 11) is 0. The summed E-state index contributed by atoms with van der Waals surface area (Å²) in [4.78, 5) is 0. The maximum atomic E-state index is 14.0. The number of benzene rings is 1. The SMILES string of the molecule is CC(C)(N)[C@H]1CCCC[C@@]1(O)Cc1c(F)cccc1Cl. The Morgan fingerprint density at radius 1 is 1.45 bits per heavy atom. The van der Waals surface area contributed by atoms with E-state index in [1.54, 1.807) is 12.1 Å². The van der Waals surface area contributed by atoms with E-state index in [2.05, 4.69) is 0 Å². The first-order valence-electron chi connectivity index (χ1n) is 7.18. The zero-order valence-electron chi connectivity index (χ0n) is 12.1. The number of hydrogen-bond donors (Lipinski definition) is 2. The number of rotatable bonds is 3. The molecule has 0 radical (unpaired) electrons. The minimum Gasteiger partial charge on any atom is -0.389 e. The zero-order chi connectivity index (χ0) is 15.0. The fourth-order valence-electron chi connectivity index (χ4n) is 3.51. The standard InChI is InChI=1S/C16H23ClFNO/c1-15(2,19)14-8-3-4-9-16(14,20)10-11-12(17)6-5-7-13(11)18/h5-7,14,20H,3-4,8-10,19H2,1-2H3/t14-,16-/m1/s1. The molecule has 3 N–H and O–H groups in total. The number of hydrogen-bond acceptors (Lipinski definition) is 2. The van der Waals surface area contributed by atoms with Gasteiger partial charge in [0, 0.05) is 28.5 Å². The normalized spacial score (nSPS) is 27.6. The van der Waals surface area contributed by atoms with Gasteiger partial charge >= 0.3 is 0 Å². The quantitative estimate of drug-likeness (QED) is 0.894. The molecule has 2 atom stereocenters. The molecule has 0 aliphatic heterocycles. The van der Waals surface area contributed by atoms with Crippen molar-refractivity contribution in [3.8, 4) is 0 Å². The van der Waals surface area contributed by atoms with E-state index < -0.39 is 11.1 Å². The van der Waals surface area contributed by atoms with Crippen LogP contribution < -0.4 is 5.73 Å². The Labute approximate surface area is 125 Å². The fraction of sp³-hybridized carbons (Fsp3) is 0.625. The Morgan fingerprint density at radius 3 is 2.75 bits per heavy atom. The molecule has 0 bridgehead atoms. The third-order valence-corrected chi connectivity index (χ3v) is 4.80. The first-order valence-corrected chi connectivity index (χ1v) is 7.56. The van der Waals surface area contributed by atoms with Crippen LogP contribution in [-0.2, 0) is 6.42 Å². The summed E-state index contributed by atoms with van der Waals surface area (Å²) >= 11 is 6.09. The molecule has 1 aromatic rings. The average molecular weight is 300 g/mol. The highest BCUT2D eigenvalue weighted by Crippen LogP contribution is 2.42. The molecule has 0 heterocycles. The predicted molar refractivity (Wildman–Crippen MR) is 80.3 cm³/mol. The zero-order valence-corrected chi connectivity index (χ0v) is 12.9. The summed E-state index contributed by atoms with van der Waals surface area (Å²) in [5, 5.41) is 11.4. The summed E-state index contributed by atoms with van der Waals surface area (Å²) < 4.78 is 14.0. The van der Waals surface area contributed by atoms with Gasteiger partial charge in [-0.15, -0.1) is 0 Å². The maximum Gasteiger partial charge on any atom is 0.127 e. The third-order valence-electron chi connectivity index (χ3n) is 4.44. The van der Waals surface area contributed by atoms with Crippen molar-refractivity contribution < 1.29 is 9.50 Å². The van der Waals surface area contributed by atoms with Crippen molar-refractivity contribution in [1.82, 2.24) is 0 Å². The van der Waals surface area contributed by atoms with Crippen LogP contribution >= 0.6 is 11.6 Å². The molecule has 2 rings (SSSR count). The Morgan fingerprint density at radius 2 is 2.15 bits per heavy atom. The van der Waals surface area contributed by atoms with E-state index in [0.717, 1.165) is 19.3 Å². The van der Waals surface area contributed by atoms with Crippen LogP contribution in [0, 0.1) is 11.7 Å². The van der Waals surface area contributed by atoms with Crippen molar-refractivity contribution in [2.75, 3.05) is 0 Å². The Hall–Kier alpha value is -0.640. The molecule has 0 unspecified atom stereocenters. The molecule has 1 aliphatic carbocycles. The third kappa shape index (κ3) is 3.16. The van der Waals surface area contributed by atoms with Gasteiger partial charge in [-0.1, -0.05) is 30.5 Å². The maximum absolute atomic E-state index is 14.0. The van der Waals surface area contributed by atoms with Gasteiger partial charge in [-0.3, -0.25) is 0 Å². The molecular formula is C16H23ClFNO. The smallest absolute Gasteiger partial charge is 0.127 e. The molecule has 112 valence electrons. The van der Waals surface area contributed by atoms with Gasteiger partial charge in [0.15, 0.2) is 0 Å². The first kappa shape index (κ1) is 15.7. The van der Waals surface area contributed by atoms with E-state index >= 15 is 0 Å². The first-order chi connectivity index (χ1) is 9.24. The average Bonchev–Trinajstić information content (AvgIpc) is 2.33. The predicted octanol–water partition coefficient (Wildman–Crippen LogP) is 3.68. The van der Waals surface area contributed by atoms with Gasteiger partial charge in [-0.05, 0) is 38.8 Å². The summed E-state index contributed by atoms with van der Waals surface area (Å²) in [5.74, 6) is -0.413. The molecule has 0 saturated heterocycles. The number of aliphatic hydroxyl groups is 1. The Kier molecular flexibility index (Phi) is 4.43. The molecule has 1 saturated carbocycles. The molecule has 1 aromatic carbocycles. The second-order valence-corrected chi connectivity index (χ2v) is 7.01. The molecule has 1 aliphatic rings. The topological polar surface area (TPSA) is 46.2 Å². The van der Waals surface area contributed by atoms with E-state index in [1.165, 1.54) is 6.07 Å². The monoisotopic (exact) mass is 299 g/mol. The van der Waals surface area contributed by atoms with E-state index in [4.69, 9.17) is 17.3 Å². The lowest BCUT2D eigenvalue weighted by molar-refractivity contribution is -0.0721. The second-order valence-electron chi connectivity index (χ2n) is 6.60. The van der Waals surface area contributed by atoms with Crippen LogP contribution in [0.2, 0.25) is 5.02 Å². The lowest BCUT2D eigenvalue weighted by atomic mass is 9.65. The fourth-order valence-corrected chi connectivity index (χ4v) is 3.74. The summed E-state index contributed by atoms with van der Waals surface area (Å²) in [6.07, 6.45) is 3.73. The number of nitrogens with two attached hydrogens (primary N) is 1. The summed E-state index contributed by atoms with van der Waals surface area (Å²) in [5.41, 5.74) is 5.15. The highest BCUT2D eigenvalue weighted by molar-refractivity contribution is 6.31. The van der Waals surface area contributed by atoms with E-state index in [0.29, 0.717) is 17.0 Å². The summed E-state index contributed by atoms with van der Waals surface area (Å²) in [6.45, 7) is 3.85. The van der Waals surface area contributed by atoms with Crippen molar-refractivity contribution in [1.29, 1.82) is 0 Å².